The number of amides is 3. The molecule has 192 valence electrons. The maximum Gasteiger partial charge on any atom is 0.408 e. The van der Waals surface area contributed by atoms with E-state index in [2.05, 4.69) is 22.8 Å². The first-order valence-electron chi connectivity index (χ1n) is 13.2. The van der Waals surface area contributed by atoms with E-state index in [1.807, 2.05) is 49.4 Å². The maximum atomic E-state index is 13.5. The average Bonchev–Trinajstić information content (AvgIpc) is 3.40. The number of nitrogens with one attached hydrogen (secondary N) is 2. The predicted octanol–water partition coefficient (Wildman–Crippen LogP) is 4.66. The molecule has 0 unspecified atom stereocenters. The molecule has 3 atom stereocenters. The van der Waals surface area contributed by atoms with Crippen LogP contribution >= 0.6 is 0 Å². The van der Waals surface area contributed by atoms with Crippen molar-refractivity contribution < 1.29 is 19.1 Å². The van der Waals surface area contributed by atoms with Crippen molar-refractivity contribution in [2.45, 2.75) is 83.0 Å². The third kappa shape index (κ3) is 6.45. The van der Waals surface area contributed by atoms with Gasteiger partial charge in [-0.15, -0.1) is 0 Å². The molecular formula is C29H37N3O4. The Hall–Kier alpha value is -3.35. The highest BCUT2D eigenvalue weighted by Crippen LogP contribution is 2.30. The molecule has 1 fully saturated rings. The third-order valence-corrected chi connectivity index (χ3v) is 7.17. The molecule has 4 rings (SSSR count). The molecule has 0 aromatic heterocycles. The van der Waals surface area contributed by atoms with Gasteiger partial charge in [0.05, 0.1) is 6.04 Å². The summed E-state index contributed by atoms with van der Waals surface area (Å²) in [6, 6.07) is 16.4. The molecule has 36 heavy (non-hydrogen) atoms. The molecule has 0 radical (unpaired) electrons. The third-order valence-electron chi connectivity index (χ3n) is 7.17. The van der Waals surface area contributed by atoms with Crippen molar-refractivity contribution >= 4 is 17.9 Å². The van der Waals surface area contributed by atoms with Crippen LogP contribution in [0.4, 0.5) is 4.79 Å². The first-order chi connectivity index (χ1) is 17.6. The molecule has 2 aromatic carbocycles. The molecule has 2 aliphatic rings. The zero-order chi connectivity index (χ0) is 25.3. The number of fused-ring (bicyclic) bond motifs is 1. The van der Waals surface area contributed by atoms with Gasteiger partial charge in [0.15, 0.2) is 0 Å². The lowest BCUT2D eigenvalue weighted by Crippen LogP contribution is -2.54. The van der Waals surface area contributed by atoms with Gasteiger partial charge in [-0.05, 0) is 55.2 Å². The van der Waals surface area contributed by atoms with E-state index in [9.17, 15) is 14.4 Å². The van der Waals surface area contributed by atoms with E-state index in [1.165, 1.54) is 11.1 Å². The Bertz CT molecular complexity index is 1040. The lowest BCUT2D eigenvalue weighted by Gasteiger charge is -2.31. The van der Waals surface area contributed by atoms with Crippen molar-refractivity contribution in [2.75, 3.05) is 6.54 Å². The SMILES string of the molecule is CCCC[C@H](NC(=O)OCc1ccccc1)C(=O)N1CCC[C@H]1C(=O)N[C@@H]1CCCc2ccccc21. The molecule has 1 saturated heterocycles. The van der Waals surface area contributed by atoms with E-state index < -0.39 is 18.2 Å². The van der Waals surface area contributed by atoms with Crippen LogP contribution in [0.5, 0.6) is 0 Å². The first kappa shape index (κ1) is 25.7. The topological polar surface area (TPSA) is 87.7 Å². The summed E-state index contributed by atoms with van der Waals surface area (Å²) in [6.45, 7) is 2.70. The molecule has 2 aromatic rings. The minimum absolute atomic E-state index is 0.0259. The fourth-order valence-corrected chi connectivity index (χ4v) is 5.25. The van der Waals surface area contributed by atoms with Crippen LogP contribution in [0.15, 0.2) is 54.6 Å². The number of ether oxygens (including phenoxy) is 1. The number of rotatable bonds is 9. The molecule has 7 heteroatoms. The number of unbranched alkanes of at least 4 members (excludes halogenated alkanes) is 1. The van der Waals surface area contributed by atoms with Gasteiger partial charge >= 0.3 is 6.09 Å². The van der Waals surface area contributed by atoms with Crippen molar-refractivity contribution in [1.29, 1.82) is 0 Å². The number of aryl methyl sites for hydroxylation is 1. The summed E-state index contributed by atoms with van der Waals surface area (Å²) >= 11 is 0. The van der Waals surface area contributed by atoms with Crippen LogP contribution in [-0.4, -0.2) is 41.4 Å². The number of hydrogen-bond donors (Lipinski definition) is 2. The lowest BCUT2D eigenvalue weighted by molar-refractivity contribution is -0.140. The second-order valence-corrected chi connectivity index (χ2v) is 9.74. The van der Waals surface area contributed by atoms with E-state index in [0.29, 0.717) is 19.4 Å². The molecule has 0 saturated carbocycles. The Morgan fingerprint density at radius 3 is 2.61 bits per heavy atom. The number of nitrogens with zero attached hydrogens (tertiary/aromatic N) is 1. The molecule has 1 aliphatic heterocycles. The minimum atomic E-state index is -0.711. The van der Waals surface area contributed by atoms with Crippen molar-refractivity contribution in [3.05, 3.63) is 71.3 Å². The van der Waals surface area contributed by atoms with Gasteiger partial charge in [0.2, 0.25) is 11.8 Å². The van der Waals surface area contributed by atoms with Crippen molar-refractivity contribution in [2.24, 2.45) is 0 Å². The molecule has 3 amide bonds. The van der Waals surface area contributed by atoms with Crippen LogP contribution in [0.25, 0.3) is 0 Å². The van der Waals surface area contributed by atoms with Gasteiger partial charge in [-0.1, -0.05) is 74.4 Å². The van der Waals surface area contributed by atoms with Gasteiger partial charge in [0.25, 0.3) is 0 Å². The van der Waals surface area contributed by atoms with E-state index in [0.717, 1.165) is 44.1 Å². The standard InChI is InChI=1S/C29H37N3O4/c1-2-3-16-25(31-29(35)36-20-21-11-5-4-6-12-21)28(34)32-19-10-18-26(32)27(33)30-24-17-9-14-22-13-7-8-15-23(22)24/h4-8,11-13,15,24-26H,2-3,9-10,14,16-20H2,1H3,(H,30,33)(H,31,35)/t24-,25+,26+/m1/s1. The summed E-state index contributed by atoms with van der Waals surface area (Å²) in [4.78, 5) is 41.1. The van der Waals surface area contributed by atoms with Crippen molar-refractivity contribution in [1.82, 2.24) is 15.5 Å². The van der Waals surface area contributed by atoms with Gasteiger partial charge in [0.1, 0.15) is 18.7 Å². The maximum absolute atomic E-state index is 13.5. The normalized spacial score (nSPS) is 19.8. The van der Waals surface area contributed by atoms with Crippen LogP contribution in [0.1, 0.15) is 74.6 Å². The van der Waals surface area contributed by atoms with Gasteiger partial charge in [0, 0.05) is 6.54 Å². The van der Waals surface area contributed by atoms with Gasteiger partial charge < -0.3 is 20.3 Å². The van der Waals surface area contributed by atoms with Gasteiger partial charge in [-0.3, -0.25) is 9.59 Å². The first-order valence-corrected chi connectivity index (χ1v) is 13.2. The monoisotopic (exact) mass is 491 g/mol. The van der Waals surface area contributed by atoms with E-state index >= 15 is 0 Å². The summed E-state index contributed by atoms with van der Waals surface area (Å²) in [7, 11) is 0. The Labute approximate surface area is 213 Å². The van der Waals surface area contributed by atoms with Crippen LogP contribution in [0, 0.1) is 0 Å². The summed E-state index contributed by atoms with van der Waals surface area (Å²) in [5.41, 5.74) is 3.34. The average molecular weight is 492 g/mol. The van der Waals surface area contributed by atoms with Crippen molar-refractivity contribution in [3.63, 3.8) is 0 Å². The quantitative estimate of drug-likeness (QED) is 0.534. The summed E-state index contributed by atoms with van der Waals surface area (Å²) in [5, 5.41) is 5.99. The smallest absolute Gasteiger partial charge is 0.408 e. The van der Waals surface area contributed by atoms with Gasteiger partial charge in [-0.2, -0.15) is 0 Å². The van der Waals surface area contributed by atoms with Crippen LogP contribution in [0.2, 0.25) is 0 Å². The molecule has 1 aliphatic carbocycles. The zero-order valence-electron chi connectivity index (χ0n) is 21.1. The zero-order valence-corrected chi connectivity index (χ0v) is 21.1. The summed E-state index contributed by atoms with van der Waals surface area (Å²) in [6.07, 6.45) is 5.94. The van der Waals surface area contributed by atoms with Crippen LogP contribution < -0.4 is 10.6 Å². The minimum Gasteiger partial charge on any atom is -0.445 e. The fraction of sp³-hybridized carbons (Fsp3) is 0.483. The predicted molar refractivity (Wildman–Crippen MR) is 138 cm³/mol. The summed E-state index contributed by atoms with van der Waals surface area (Å²) < 4.78 is 5.36. The highest BCUT2D eigenvalue weighted by atomic mass is 16.5. The highest BCUT2D eigenvalue weighted by Gasteiger charge is 2.38. The second kappa shape index (κ2) is 12.6. The number of hydrogen-bond acceptors (Lipinski definition) is 4. The Kier molecular flexibility index (Phi) is 8.98. The number of carbonyl (C=O) groups is 3. The molecule has 7 nitrogen and oxygen atoms in total. The molecule has 1 heterocycles. The molecular weight excluding hydrogens is 454 g/mol. The second-order valence-electron chi connectivity index (χ2n) is 9.74. The molecule has 0 spiro atoms. The largest absolute Gasteiger partial charge is 0.445 e. The van der Waals surface area contributed by atoms with E-state index in [-0.39, 0.29) is 24.5 Å². The molecule has 0 bridgehead atoms. The number of benzene rings is 2. The van der Waals surface area contributed by atoms with E-state index in [4.69, 9.17) is 4.74 Å². The van der Waals surface area contributed by atoms with Gasteiger partial charge in [-0.25, -0.2) is 4.79 Å². The van der Waals surface area contributed by atoms with Crippen LogP contribution in [-0.2, 0) is 27.4 Å². The van der Waals surface area contributed by atoms with Crippen LogP contribution in [0.3, 0.4) is 0 Å². The Morgan fingerprint density at radius 2 is 1.81 bits per heavy atom. The highest BCUT2D eigenvalue weighted by molar-refractivity contribution is 5.92. The van der Waals surface area contributed by atoms with E-state index in [1.54, 1.807) is 4.90 Å². The molecule has 2 N–H and O–H groups in total. The number of likely N-dealkylation sites (tertiary alicyclic amines) is 1. The lowest BCUT2D eigenvalue weighted by atomic mass is 9.87. The number of alkyl carbamates (subject to hydrolysis) is 1. The van der Waals surface area contributed by atoms with Crippen molar-refractivity contribution in [3.8, 4) is 0 Å². The fourth-order valence-electron chi connectivity index (χ4n) is 5.25. The summed E-state index contributed by atoms with van der Waals surface area (Å²) in [5.74, 6) is -0.315. The Morgan fingerprint density at radius 1 is 1.03 bits per heavy atom. The number of carbonyl (C=O) groups excluding carboxylic acids is 3. The Balaban J connectivity index is 1.38.